The van der Waals surface area contributed by atoms with Gasteiger partial charge in [-0.25, -0.2) is 0 Å². The fraction of sp³-hybridized carbons (Fsp3) is 0.333. The quantitative estimate of drug-likeness (QED) is 0.423. The Balaban J connectivity index is 1.89. The minimum absolute atomic E-state index is 0.139. The van der Waals surface area contributed by atoms with Crippen LogP contribution in [-0.2, 0) is 22.6 Å². The van der Waals surface area contributed by atoms with Crippen molar-refractivity contribution < 1.29 is 14.3 Å². The molecule has 0 aliphatic rings. The highest BCUT2D eigenvalue weighted by atomic mass is 16.5. The van der Waals surface area contributed by atoms with Crippen molar-refractivity contribution in [3.8, 4) is 5.75 Å². The SMILES string of the molecule is Cc1cccc(OCC(=O)N(Cc2ccccc2)[C@@H](Cc2ccccc2)C(=O)NCC(C)C)c1C. The predicted molar refractivity (Wildman–Crippen MR) is 140 cm³/mol. The van der Waals surface area contributed by atoms with E-state index in [2.05, 4.69) is 19.2 Å². The lowest BCUT2D eigenvalue weighted by molar-refractivity contribution is -0.142. The smallest absolute Gasteiger partial charge is 0.261 e. The van der Waals surface area contributed by atoms with Gasteiger partial charge in [0.15, 0.2) is 6.61 Å². The summed E-state index contributed by atoms with van der Waals surface area (Å²) in [6.45, 7) is 8.84. The Kier molecular flexibility index (Phi) is 9.47. The highest BCUT2D eigenvalue weighted by molar-refractivity contribution is 5.88. The fourth-order valence-electron chi connectivity index (χ4n) is 3.86. The van der Waals surface area contributed by atoms with E-state index < -0.39 is 6.04 Å². The molecule has 5 heteroatoms. The van der Waals surface area contributed by atoms with Gasteiger partial charge in [-0.05, 0) is 48.1 Å². The van der Waals surface area contributed by atoms with Crippen LogP contribution in [0.5, 0.6) is 5.75 Å². The largest absolute Gasteiger partial charge is 0.483 e. The van der Waals surface area contributed by atoms with Gasteiger partial charge in [0.2, 0.25) is 5.91 Å². The van der Waals surface area contributed by atoms with E-state index in [0.717, 1.165) is 22.3 Å². The zero-order chi connectivity index (χ0) is 25.2. The molecule has 0 fully saturated rings. The van der Waals surface area contributed by atoms with Crippen molar-refractivity contribution in [2.75, 3.05) is 13.2 Å². The summed E-state index contributed by atoms with van der Waals surface area (Å²) in [5, 5.41) is 3.04. The summed E-state index contributed by atoms with van der Waals surface area (Å²) < 4.78 is 5.95. The van der Waals surface area contributed by atoms with Gasteiger partial charge < -0.3 is 15.0 Å². The molecule has 0 spiro atoms. The lowest BCUT2D eigenvalue weighted by atomic mass is 10.0. The molecule has 35 heavy (non-hydrogen) atoms. The zero-order valence-electron chi connectivity index (χ0n) is 21.2. The van der Waals surface area contributed by atoms with Gasteiger partial charge in [0, 0.05) is 19.5 Å². The number of nitrogens with one attached hydrogen (secondary N) is 1. The Hall–Kier alpha value is -3.60. The van der Waals surface area contributed by atoms with Gasteiger partial charge >= 0.3 is 0 Å². The number of ether oxygens (including phenoxy) is 1. The normalized spacial score (nSPS) is 11.7. The number of hydrogen-bond acceptors (Lipinski definition) is 3. The second-order valence-electron chi connectivity index (χ2n) is 9.34. The molecular weight excluding hydrogens is 436 g/mol. The summed E-state index contributed by atoms with van der Waals surface area (Å²) in [6, 6.07) is 24.7. The van der Waals surface area contributed by atoms with Gasteiger partial charge in [-0.3, -0.25) is 9.59 Å². The number of carbonyl (C=O) groups is 2. The van der Waals surface area contributed by atoms with Crippen LogP contribution in [0.3, 0.4) is 0 Å². The Morgan fingerprint density at radius 1 is 0.857 bits per heavy atom. The van der Waals surface area contributed by atoms with E-state index in [4.69, 9.17) is 4.74 Å². The molecule has 184 valence electrons. The molecule has 0 radical (unpaired) electrons. The van der Waals surface area contributed by atoms with Crippen LogP contribution in [-0.4, -0.2) is 35.9 Å². The number of benzene rings is 3. The first-order chi connectivity index (χ1) is 16.8. The summed E-state index contributed by atoms with van der Waals surface area (Å²) >= 11 is 0. The van der Waals surface area contributed by atoms with E-state index in [-0.39, 0.29) is 18.4 Å². The Labute approximate surface area is 209 Å². The standard InChI is InChI=1S/C30H36N2O3/c1-22(2)19-31-30(34)27(18-25-13-7-5-8-14-25)32(20-26-15-9-6-10-16-26)29(33)21-35-28-17-11-12-23(3)24(28)4/h5-17,22,27H,18-21H2,1-4H3,(H,31,34)/t27-/m0/s1. The first kappa shape index (κ1) is 26.0. The zero-order valence-corrected chi connectivity index (χ0v) is 21.2. The third kappa shape index (κ3) is 7.71. The number of carbonyl (C=O) groups excluding carboxylic acids is 2. The highest BCUT2D eigenvalue weighted by Crippen LogP contribution is 2.21. The minimum Gasteiger partial charge on any atom is -0.483 e. The topological polar surface area (TPSA) is 58.6 Å². The van der Waals surface area contributed by atoms with Crippen molar-refractivity contribution in [3.63, 3.8) is 0 Å². The van der Waals surface area contributed by atoms with Crippen LogP contribution in [0, 0.1) is 19.8 Å². The monoisotopic (exact) mass is 472 g/mol. The van der Waals surface area contributed by atoms with Crippen LogP contribution < -0.4 is 10.1 Å². The maximum Gasteiger partial charge on any atom is 0.261 e. The molecule has 2 amide bonds. The molecule has 3 rings (SSSR count). The molecule has 0 bridgehead atoms. The van der Waals surface area contributed by atoms with Gasteiger partial charge in [0.25, 0.3) is 5.91 Å². The van der Waals surface area contributed by atoms with Crippen molar-refractivity contribution in [1.82, 2.24) is 10.2 Å². The summed E-state index contributed by atoms with van der Waals surface area (Å²) in [7, 11) is 0. The molecule has 5 nitrogen and oxygen atoms in total. The second kappa shape index (κ2) is 12.7. The Morgan fingerprint density at radius 2 is 1.49 bits per heavy atom. The van der Waals surface area contributed by atoms with E-state index in [1.807, 2.05) is 92.7 Å². The number of rotatable bonds is 11. The summed E-state index contributed by atoms with van der Waals surface area (Å²) in [5.74, 6) is 0.609. The molecular formula is C30H36N2O3. The average molecular weight is 473 g/mol. The lowest BCUT2D eigenvalue weighted by Gasteiger charge is -2.31. The molecule has 0 aliphatic carbocycles. The van der Waals surface area contributed by atoms with Gasteiger partial charge in [-0.15, -0.1) is 0 Å². The van der Waals surface area contributed by atoms with Crippen LogP contribution in [0.1, 0.15) is 36.1 Å². The number of amides is 2. The molecule has 0 saturated heterocycles. The molecule has 1 atom stereocenters. The van der Waals surface area contributed by atoms with Crippen LogP contribution in [0.15, 0.2) is 78.9 Å². The van der Waals surface area contributed by atoms with Gasteiger partial charge in [0.1, 0.15) is 11.8 Å². The van der Waals surface area contributed by atoms with Crippen molar-refractivity contribution in [2.45, 2.75) is 46.7 Å². The van der Waals surface area contributed by atoms with Crippen molar-refractivity contribution >= 4 is 11.8 Å². The highest BCUT2D eigenvalue weighted by Gasteiger charge is 2.30. The third-order valence-corrected chi connectivity index (χ3v) is 6.06. The number of aryl methyl sites for hydroxylation is 1. The number of nitrogens with zero attached hydrogens (tertiary/aromatic N) is 1. The van der Waals surface area contributed by atoms with E-state index in [0.29, 0.717) is 31.2 Å². The molecule has 0 aromatic heterocycles. The van der Waals surface area contributed by atoms with Crippen molar-refractivity contribution in [3.05, 3.63) is 101 Å². The summed E-state index contributed by atoms with van der Waals surface area (Å²) in [4.78, 5) is 28.7. The Bertz CT molecular complexity index is 1100. The van der Waals surface area contributed by atoms with Gasteiger partial charge in [-0.2, -0.15) is 0 Å². The lowest BCUT2D eigenvalue weighted by Crippen LogP contribution is -2.52. The van der Waals surface area contributed by atoms with Gasteiger partial charge in [-0.1, -0.05) is 86.6 Å². The maximum atomic E-state index is 13.6. The average Bonchev–Trinajstić information content (AvgIpc) is 2.86. The van der Waals surface area contributed by atoms with Crippen molar-refractivity contribution in [1.29, 1.82) is 0 Å². The first-order valence-corrected chi connectivity index (χ1v) is 12.2. The maximum absolute atomic E-state index is 13.6. The van der Waals surface area contributed by atoms with E-state index in [9.17, 15) is 9.59 Å². The summed E-state index contributed by atoms with van der Waals surface area (Å²) in [6.07, 6.45) is 0.423. The minimum atomic E-state index is -0.661. The number of hydrogen-bond donors (Lipinski definition) is 1. The Morgan fingerprint density at radius 3 is 2.11 bits per heavy atom. The van der Waals surface area contributed by atoms with Gasteiger partial charge in [0.05, 0.1) is 0 Å². The summed E-state index contributed by atoms with van der Waals surface area (Å²) in [5.41, 5.74) is 4.07. The van der Waals surface area contributed by atoms with Crippen LogP contribution in [0.25, 0.3) is 0 Å². The predicted octanol–water partition coefficient (Wildman–Crippen LogP) is 5.09. The van der Waals surface area contributed by atoms with Crippen LogP contribution in [0.2, 0.25) is 0 Å². The molecule has 3 aromatic carbocycles. The molecule has 0 unspecified atom stereocenters. The van der Waals surface area contributed by atoms with E-state index in [1.165, 1.54) is 0 Å². The molecule has 0 heterocycles. The molecule has 1 N–H and O–H groups in total. The fourth-order valence-corrected chi connectivity index (χ4v) is 3.86. The van der Waals surface area contributed by atoms with Crippen LogP contribution >= 0.6 is 0 Å². The first-order valence-electron chi connectivity index (χ1n) is 12.2. The van der Waals surface area contributed by atoms with E-state index in [1.54, 1.807) is 4.90 Å². The van der Waals surface area contributed by atoms with Crippen molar-refractivity contribution in [2.24, 2.45) is 5.92 Å². The molecule has 0 saturated carbocycles. The second-order valence-corrected chi connectivity index (χ2v) is 9.34. The third-order valence-electron chi connectivity index (χ3n) is 6.06. The molecule has 0 aliphatic heterocycles. The molecule has 3 aromatic rings. The van der Waals surface area contributed by atoms with E-state index >= 15 is 0 Å². The van der Waals surface area contributed by atoms with Crippen LogP contribution in [0.4, 0.5) is 0 Å².